The van der Waals surface area contributed by atoms with Crippen LogP contribution in [0.1, 0.15) is 35.6 Å². The van der Waals surface area contributed by atoms with Crippen molar-refractivity contribution < 1.29 is 14.7 Å². The minimum atomic E-state index is -0.897. The van der Waals surface area contributed by atoms with Crippen molar-refractivity contribution in [1.82, 2.24) is 10.2 Å². The van der Waals surface area contributed by atoms with Crippen molar-refractivity contribution >= 4 is 12.0 Å². The molecule has 1 aliphatic carbocycles. The number of nitrogens with one attached hydrogen (secondary N) is 1. The zero-order chi connectivity index (χ0) is 14.7. The molecule has 1 atom stereocenters. The molecule has 0 saturated heterocycles. The Kier molecular flexibility index (Phi) is 4.27. The van der Waals surface area contributed by atoms with E-state index in [1.54, 1.807) is 7.05 Å². The van der Waals surface area contributed by atoms with E-state index in [-0.39, 0.29) is 25.0 Å². The summed E-state index contributed by atoms with van der Waals surface area (Å²) in [6.07, 6.45) is 1.84. The molecule has 1 aromatic carbocycles. The molecular formula is C15H20N2O3. The Hall–Kier alpha value is -2.04. The molecule has 0 bridgehead atoms. The Morgan fingerprint density at radius 1 is 1.45 bits per heavy atom. The van der Waals surface area contributed by atoms with E-state index in [0.29, 0.717) is 0 Å². The van der Waals surface area contributed by atoms with Gasteiger partial charge in [-0.2, -0.15) is 0 Å². The van der Waals surface area contributed by atoms with E-state index in [1.165, 1.54) is 21.6 Å². The summed E-state index contributed by atoms with van der Waals surface area (Å²) >= 11 is 0. The van der Waals surface area contributed by atoms with Gasteiger partial charge in [0.05, 0.1) is 12.5 Å². The van der Waals surface area contributed by atoms with Crippen LogP contribution >= 0.6 is 0 Å². The lowest BCUT2D eigenvalue weighted by atomic mass is 10.1. The van der Waals surface area contributed by atoms with Gasteiger partial charge in [0.25, 0.3) is 0 Å². The summed E-state index contributed by atoms with van der Waals surface area (Å²) in [5.41, 5.74) is 3.70. The minimum Gasteiger partial charge on any atom is -0.481 e. The lowest BCUT2D eigenvalue weighted by molar-refractivity contribution is -0.137. The first-order valence-corrected chi connectivity index (χ1v) is 6.80. The van der Waals surface area contributed by atoms with Crippen LogP contribution in [0, 0.1) is 6.92 Å². The zero-order valence-electron chi connectivity index (χ0n) is 11.8. The molecule has 1 aliphatic rings. The third-order valence-corrected chi connectivity index (χ3v) is 3.68. The predicted octanol–water partition coefficient (Wildman–Crippen LogP) is 2.10. The largest absolute Gasteiger partial charge is 0.481 e. The highest BCUT2D eigenvalue weighted by atomic mass is 16.4. The van der Waals surface area contributed by atoms with Crippen molar-refractivity contribution in [2.45, 2.75) is 32.2 Å². The molecule has 20 heavy (non-hydrogen) atoms. The second-order valence-corrected chi connectivity index (χ2v) is 5.31. The number of carboxylic acids is 1. The SMILES string of the molecule is Cc1ccc2c(c1)CCC2NC(=O)N(C)CCC(=O)O. The summed E-state index contributed by atoms with van der Waals surface area (Å²) in [5, 5.41) is 11.6. The number of nitrogens with zero attached hydrogens (tertiary/aromatic N) is 1. The van der Waals surface area contributed by atoms with Crippen LogP contribution in [0.25, 0.3) is 0 Å². The highest BCUT2D eigenvalue weighted by Crippen LogP contribution is 2.31. The fourth-order valence-corrected chi connectivity index (χ4v) is 2.52. The number of aliphatic carboxylic acids is 1. The van der Waals surface area contributed by atoms with Gasteiger partial charge in [-0.25, -0.2) is 4.79 Å². The Bertz CT molecular complexity index is 528. The van der Waals surface area contributed by atoms with Crippen molar-refractivity contribution in [3.05, 3.63) is 34.9 Å². The summed E-state index contributed by atoms with van der Waals surface area (Å²) in [5.74, 6) is -0.897. The second kappa shape index (κ2) is 5.94. The molecule has 0 heterocycles. The van der Waals surface area contributed by atoms with E-state index >= 15 is 0 Å². The van der Waals surface area contributed by atoms with Gasteiger partial charge in [-0.15, -0.1) is 0 Å². The minimum absolute atomic E-state index is 0.0328. The maximum absolute atomic E-state index is 12.0. The number of carbonyl (C=O) groups is 2. The highest BCUT2D eigenvalue weighted by Gasteiger charge is 2.24. The number of aryl methyl sites for hydroxylation is 2. The van der Waals surface area contributed by atoms with E-state index in [2.05, 4.69) is 30.4 Å². The van der Waals surface area contributed by atoms with Gasteiger partial charge in [-0.05, 0) is 30.9 Å². The van der Waals surface area contributed by atoms with Crippen LogP contribution in [-0.4, -0.2) is 35.6 Å². The smallest absolute Gasteiger partial charge is 0.317 e. The topological polar surface area (TPSA) is 69.6 Å². The Morgan fingerprint density at radius 3 is 2.90 bits per heavy atom. The van der Waals surface area contributed by atoms with Crippen molar-refractivity contribution in [2.75, 3.05) is 13.6 Å². The van der Waals surface area contributed by atoms with Crippen molar-refractivity contribution in [3.8, 4) is 0 Å². The van der Waals surface area contributed by atoms with Crippen molar-refractivity contribution in [1.29, 1.82) is 0 Å². The molecule has 0 aliphatic heterocycles. The number of urea groups is 1. The molecule has 2 N–H and O–H groups in total. The maximum Gasteiger partial charge on any atom is 0.317 e. The number of hydrogen-bond acceptors (Lipinski definition) is 2. The molecule has 1 unspecified atom stereocenters. The fraction of sp³-hybridized carbons (Fsp3) is 0.467. The predicted molar refractivity (Wildman–Crippen MR) is 75.7 cm³/mol. The van der Waals surface area contributed by atoms with Gasteiger partial charge in [-0.1, -0.05) is 23.8 Å². The molecule has 0 radical (unpaired) electrons. The van der Waals surface area contributed by atoms with Crippen LogP contribution in [0.5, 0.6) is 0 Å². The summed E-state index contributed by atoms with van der Waals surface area (Å²) in [6, 6.07) is 6.10. The molecule has 0 aromatic heterocycles. The number of carboxylic acid groups (broad SMARTS) is 1. The molecule has 0 fully saturated rings. The van der Waals surface area contributed by atoms with E-state index in [4.69, 9.17) is 5.11 Å². The van der Waals surface area contributed by atoms with Gasteiger partial charge in [0.1, 0.15) is 0 Å². The summed E-state index contributed by atoms with van der Waals surface area (Å²) in [6.45, 7) is 2.28. The lowest BCUT2D eigenvalue weighted by Crippen LogP contribution is -2.39. The molecule has 0 spiro atoms. The standard InChI is InChI=1S/C15H20N2O3/c1-10-3-5-12-11(9-10)4-6-13(12)16-15(20)17(2)8-7-14(18)19/h3,5,9,13H,4,6-8H2,1-2H3,(H,16,20)(H,18,19). The van der Waals surface area contributed by atoms with Gasteiger partial charge in [0.15, 0.2) is 0 Å². The second-order valence-electron chi connectivity index (χ2n) is 5.31. The number of rotatable bonds is 4. The summed E-state index contributed by atoms with van der Waals surface area (Å²) < 4.78 is 0. The van der Waals surface area contributed by atoms with Gasteiger partial charge in [0.2, 0.25) is 0 Å². The molecule has 1 aromatic rings. The monoisotopic (exact) mass is 276 g/mol. The molecule has 2 amide bonds. The quantitative estimate of drug-likeness (QED) is 0.884. The third kappa shape index (κ3) is 3.29. The Morgan fingerprint density at radius 2 is 2.20 bits per heavy atom. The first-order chi connectivity index (χ1) is 9.47. The zero-order valence-corrected chi connectivity index (χ0v) is 11.8. The van der Waals surface area contributed by atoms with Crippen molar-refractivity contribution in [3.63, 3.8) is 0 Å². The van der Waals surface area contributed by atoms with Crippen LogP contribution in [0.15, 0.2) is 18.2 Å². The van der Waals surface area contributed by atoms with Gasteiger partial charge in [0, 0.05) is 13.6 Å². The summed E-state index contributed by atoms with van der Waals surface area (Å²) in [4.78, 5) is 23.9. The Labute approximate surface area is 118 Å². The molecule has 108 valence electrons. The first-order valence-electron chi connectivity index (χ1n) is 6.80. The molecule has 0 saturated carbocycles. The number of amides is 2. The molecule has 5 nitrogen and oxygen atoms in total. The van der Waals surface area contributed by atoms with Crippen LogP contribution in [-0.2, 0) is 11.2 Å². The molecular weight excluding hydrogens is 256 g/mol. The van der Waals surface area contributed by atoms with E-state index < -0.39 is 5.97 Å². The first kappa shape index (κ1) is 14.4. The van der Waals surface area contributed by atoms with Gasteiger partial charge >= 0.3 is 12.0 Å². The maximum atomic E-state index is 12.0. The molecule has 2 rings (SSSR count). The number of benzene rings is 1. The van der Waals surface area contributed by atoms with Crippen molar-refractivity contribution in [2.24, 2.45) is 0 Å². The van der Waals surface area contributed by atoms with Crippen LogP contribution < -0.4 is 5.32 Å². The van der Waals surface area contributed by atoms with Crippen LogP contribution in [0.3, 0.4) is 0 Å². The number of hydrogen-bond donors (Lipinski definition) is 2. The number of carbonyl (C=O) groups excluding carboxylic acids is 1. The molecule has 5 heteroatoms. The Balaban J connectivity index is 1.95. The average Bonchev–Trinajstić information content (AvgIpc) is 2.78. The number of fused-ring (bicyclic) bond motifs is 1. The lowest BCUT2D eigenvalue weighted by Gasteiger charge is -2.21. The normalized spacial score (nSPS) is 16.6. The van der Waals surface area contributed by atoms with E-state index in [9.17, 15) is 9.59 Å². The fourth-order valence-electron chi connectivity index (χ4n) is 2.52. The van der Waals surface area contributed by atoms with Gasteiger partial charge in [-0.3, -0.25) is 4.79 Å². The summed E-state index contributed by atoms with van der Waals surface area (Å²) in [7, 11) is 1.61. The van der Waals surface area contributed by atoms with Crippen LogP contribution in [0.4, 0.5) is 4.79 Å². The average molecular weight is 276 g/mol. The van der Waals surface area contributed by atoms with E-state index in [0.717, 1.165) is 12.8 Å². The van der Waals surface area contributed by atoms with E-state index in [1.807, 2.05) is 0 Å². The third-order valence-electron chi connectivity index (χ3n) is 3.68. The highest BCUT2D eigenvalue weighted by molar-refractivity contribution is 5.75. The van der Waals surface area contributed by atoms with Gasteiger partial charge < -0.3 is 15.3 Å². The van der Waals surface area contributed by atoms with Crippen LogP contribution in [0.2, 0.25) is 0 Å².